The van der Waals surface area contributed by atoms with E-state index in [0.29, 0.717) is 29.2 Å². The van der Waals surface area contributed by atoms with E-state index >= 15 is 0 Å². The summed E-state index contributed by atoms with van der Waals surface area (Å²) in [5.41, 5.74) is 2.36. The van der Waals surface area contributed by atoms with Gasteiger partial charge in [-0.2, -0.15) is 0 Å². The fourth-order valence-corrected chi connectivity index (χ4v) is 4.01. The average molecular weight is 414 g/mol. The normalized spacial score (nSPS) is 17.7. The van der Waals surface area contributed by atoms with Crippen LogP contribution in [0.4, 0.5) is 13.2 Å². The Balaban J connectivity index is 1.49. The molecule has 4 rings (SSSR count). The van der Waals surface area contributed by atoms with Crippen LogP contribution in [0.5, 0.6) is 11.5 Å². The summed E-state index contributed by atoms with van der Waals surface area (Å²) in [5, 5.41) is 0. The van der Waals surface area contributed by atoms with E-state index in [1.54, 1.807) is 30.4 Å². The van der Waals surface area contributed by atoms with Gasteiger partial charge >= 0.3 is 0 Å². The number of unbranched alkanes of at least 4 members (excludes halogenated alkanes) is 2. The van der Waals surface area contributed by atoms with Crippen molar-refractivity contribution in [3.63, 3.8) is 0 Å². The highest BCUT2D eigenvalue weighted by atomic mass is 19.1. The Morgan fingerprint density at radius 2 is 1.87 bits per heavy atom. The maximum Gasteiger partial charge on any atom is 0.168 e. The highest BCUT2D eigenvalue weighted by Gasteiger charge is 2.21. The monoisotopic (exact) mass is 414 g/mol. The molecule has 0 N–H and O–H groups in total. The van der Waals surface area contributed by atoms with Crippen LogP contribution < -0.4 is 9.47 Å². The van der Waals surface area contributed by atoms with Crippen molar-refractivity contribution in [3.8, 4) is 11.5 Å². The minimum atomic E-state index is -0.727. The van der Waals surface area contributed by atoms with Gasteiger partial charge in [-0.1, -0.05) is 38.3 Å². The molecule has 0 aliphatic carbocycles. The van der Waals surface area contributed by atoms with Crippen molar-refractivity contribution in [2.45, 2.75) is 39.0 Å². The van der Waals surface area contributed by atoms with Gasteiger partial charge in [0.2, 0.25) is 0 Å². The Kier molecular flexibility index (Phi) is 6.16. The summed E-state index contributed by atoms with van der Waals surface area (Å²) in [4.78, 5) is 0. The van der Waals surface area contributed by atoms with Crippen LogP contribution in [-0.2, 0) is 6.42 Å². The molecular weight excluding hydrogens is 389 g/mol. The van der Waals surface area contributed by atoms with Gasteiger partial charge in [-0.3, -0.25) is 0 Å². The molecule has 0 saturated carbocycles. The first-order valence-electron chi connectivity index (χ1n) is 10.5. The number of benzene rings is 2. The minimum absolute atomic E-state index is 0.0374. The predicted octanol–water partition coefficient (Wildman–Crippen LogP) is 6.72. The summed E-state index contributed by atoms with van der Waals surface area (Å²) < 4.78 is 53.2. The zero-order valence-electron chi connectivity index (χ0n) is 17.0. The molecule has 0 spiro atoms. The lowest BCUT2D eigenvalue weighted by molar-refractivity contribution is 0.210. The Labute approximate surface area is 175 Å². The largest absolute Gasteiger partial charge is 0.493 e. The molecule has 2 aromatic carbocycles. The first-order chi connectivity index (χ1) is 14.5. The molecule has 2 aromatic rings. The molecule has 30 heavy (non-hydrogen) atoms. The van der Waals surface area contributed by atoms with Gasteiger partial charge in [-0.15, -0.1) is 0 Å². The molecule has 0 fully saturated rings. The van der Waals surface area contributed by atoms with E-state index in [0.717, 1.165) is 30.2 Å². The van der Waals surface area contributed by atoms with Crippen LogP contribution in [0.2, 0.25) is 0 Å². The van der Waals surface area contributed by atoms with Gasteiger partial charge in [0.05, 0.1) is 6.61 Å². The van der Waals surface area contributed by atoms with Crippen molar-refractivity contribution in [2.24, 2.45) is 5.92 Å². The molecule has 1 atom stereocenters. The maximum absolute atomic E-state index is 14.7. The third-order valence-corrected chi connectivity index (χ3v) is 5.62. The number of hydrogen-bond acceptors (Lipinski definition) is 2. The fourth-order valence-electron chi connectivity index (χ4n) is 4.01. The van der Waals surface area contributed by atoms with Crippen LogP contribution in [0, 0.1) is 23.4 Å². The molecule has 0 bridgehead atoms. The molecule has 2 heterocycles. The summed E-state index contributed by atoms with van der Waals surface area (Å²) in [7, 11) is 0. The predicted molar refractivity (Wildman–Crippen MR) is 112 cm³/mol. The standard InChI is InChI=1S/C25H25F3O2/c1-2-3-4-5-16-8-19-11-22(27)18(12-24(19)29-14-16)7-6-17-9-20-10-21(26)13-23(28)25(20)30-15-17/h6-7,9-13,16H,2-5,8,14-15H2,1H3. The van der Waals surface area contributed by atoms with E-state index in [1.807, 2.05) is 0 Å². The van der Waals surface area contributed by atoms with Gasteiger partial charge in [0.25, 0.3) is 0 Å². The van der Waals surface area contributed by atoms with Gasteiger partial charge in [0.15, 0.2) is 11.6 Å². The SMILES string of the molecule is CCCCCC1COc2cc(C=CC3=Cc4cc(F)cc(F)c4OC3)c(F)cc2C1. The molecule has 1 unspecified atom stereocenters. The summed E-state index contributed by atoms with van der Waals surface area (Å²) >= 11 is 0. The first-order valence-corrected chi connectivity index (χ1v) is 10.5. The third-order valence-electron chi connectivity index (χ3n) is 5.62. The van der Waals surface area contributed by atoms with E-state index in [9.17, 15) is 13.2 Å². The number of rotatable bonds is 6. The van der Waals surface area contributed by atoms with Crippen molar-refractivity contribution in [2.75, 3.05) is 13.2 Å². The Hall–Kier alpha value is -2.69. The molecule has 0 amide bonds. The van der Waals surface area contributed by atoms with Crippen LogP contribution >= 0.6 is 0 Å². The highest BCUT2D eigenvalue weighted by Crippen LogP contribution is 2.33. The number of ether oxygens (including phenoxy) is 2. The van der Waals surface area contributed by atoms with E-state index in [4.69, 9.17) is 9.47 Å². The zero-order valence-corrected chi connectivity index (χ0v) is 17.0. The van der Waals surface area contributed by atoms with Crippen LogP contribution in [-0.4, -0.2) is 13.2 Å². The second-order valence-electron chi connectivity index (χ2n) is 8.01. The van der Waals surface area contributed by atoms with E-state index < -0.39 is 11.6 Å². The van der Waals surface area contributed by atoms with Crippen LogP contribution in [0.3, 0.4) is 0 Å². The molecular formula is C25H25F3O2. The molecule has 0 radical (unpaired) electrons. The van der Waals surface area contributed by atoms with E-state index in [2.05, 4.69) is 6.92 Å². The van der Waals surface area contributed by atoms with Crippen molar-refractivity contribution in [1.82, 2.24) is 0 Å². The smallest absolute Gasteiger partial charge is 0.168 e. The highest BCUT2D eigenvalue weighted by molar-refractivity contribution is 5.68. The summed E-state index contributed by atoms with van der Waals surface area (Å²) in [6, 6.07) is 5.30. The average Bonchev–Trinajstić information content (AvgIpc) is 2.72. The molecule has 5 heteroatoms. The van der Waals surface area contributed by atoms with Crippen molar-refractivity contribution < 1.29 is 22.6 Å². The topological polar surface area (TPSA) is 18.5 Å². The number of halogens is 3. The first kappa shape index (κ1) is 20.6. The van der Waals surface area contributed by atoms with Crippen molar-refractivity contribution in [1.29, 1.82) is 0 Å². The lowest BCUT2D eigenvalue weighted by atomic mass is 9.91. The molecule has 0 saturated heterocycles. The second-order valence-corrected chi connectivity index (χ2v) is 8.01. The fraction of sp³-hybridized carbons (Fsp3) is 0.360. The number of hydrogen-bond donors (Lipinski definition) is 0. The Morgan fingerprint density at radius 1 is 1.00 bits per heavy atom. The van der Waals surface area contributed by atoms with Crippen molar-refractivity contribution >= 4 is 12.2 Å². The lowest BCUT2D eigenvalue weighted by Crippen LogP contribution is -2.21. The minimum Gasteiger partial charge on any atom is -0.493 e. The quantitative estimate of drug-likeness (QED) is 0.488. The lowest BCUT2D eigenvalue weighted by Gasteiger charge is -2.26. The van der Waals surface area contributed by atoms with Gasteiger partial charge in [-0.05, 0) is 54.2 Å². The molecule has 158 valence electrons. The van der Waals surface area contributed by atoms with Crippen LogP contribution in [0.15, 0.2) is 35.9 Å². The second kappa shape index (κ2) is 8.99. The van der Waals surface area contributed by atoms with Crippen LogP contribution in [0.1, 0.15) is 49.3 Å². The number of fused-ring (bicyclic) bond motifs is 2. The summed E-state index contributed by atoms with van der Waals surface area (Å²) in [6.45, 7) is 2.98. The maximum atomic E-state index is 14.7. The van der Waals surface area contributed by atoms with Gasteiger partial charge in [-0.25, -0.2) is 13.2 Å². The summed E-state index contributed by atoms with van der Waals surface area (Å²) in [6.07, 6.45) is 10.5. The van der Waals surface area contributed by atoms with Crippen molar-refractivity contribution in [3.05, 3.63) is 70.1 Å². The van der Waals surface area contributed by atoms with Gasteiger partial charge < -0.3 is 9.47 Å². The molecule has 2 aliphatic heterocycles. The molecule has 2 nitrogen and oxygen atoms in total. The third kappa shape index (κ3) is 4.55. The van der Waals surface area contributed by atoms with E-state index in [-0.39, 0.29) is 18.2 Å². The van der Waals surface area contributed by atoms with Gasteiger partial charge in [0, 0.05) is 17.2 Å². The molecule has 2 aliphatic rings. The Bertz CT molecular complexity index is 994. The summed E-state index contributed by atoms with van der Waals surface area (Å²) in [5.74, 6) is -0.494. The van der Waals surface area contributed by atoms with E-state index in [1.165, 1.54) is 25.3 Å². The van der Waals surface area contributed by atoms with Gasteiger partial charge in [0.1, 0.15) is 24.0 Å². The van der Waals surface area contributed by atoms with Crippen LogP contribution in [0.25, 0.3) is 12.2 Å². The molecule has 0 aromatic heterocycles. The zero-order chi connectivity index (χ0) is 21.1. The Morgan fingerprint density at radius 3 is 2.70 bits per heavy atom.